The van der Waals surface area contributed by atoms with Gasteiger partial charge in [0.2, 0.25) is 0 Å². The fourth-order valence-corrected chi connectivity index (χ4v) is 2.93. The van der Waals surface area contributed by atoms with Gasteiger partial charge in [-0.25, -0.2) is 4.98 Å². The molecule has 1 N–H and O–H groups in total. The Bertz CT molecular complexity index is 709. The highest BCUT2D eigenvalue weighted by Gasteiger charge is 2.30. The summed E-state index contributed by atoms with van der Waals surface area (Å²) in [6, 6.07) is 5.37. The molecule has 24 heavy (non-hydrogen) atoms. The summed E-state index contributed by atoms with van der Waals surface area (Å²) >= 11 is 1.35. The van der Waals surface area contributed by atoms with Gasteiger partial charge in [-0.2, -0.15) is 0 Å². The number of nitrogens with zero attached hydrogens (tertiary/aromatic N) is 1. The Morgan fingerprint density at radius 1 is 1.29 bits per heavy atom. The van der Waals surface area contributed by atoms with Crippen molar-refractivity contribution in [3.8, 4) is 5.75 Å². The molecule has 0 aliphatic rings. The van der Waals surface area contributed by atoms with Crippen LogP contribution in [0.4, 0.5) is 13.2 Å². The summed E-state index contributed by atoms with van der Waals surface area (Å²) in [7, 11) is 0. The van der Waals surface area contributed by atoms with Crippen molar-refractivity contribution in [1.82, 2.24) is 10.3 Å². The normalized spacial score (nSPS) is 11.6. The van der Waals surface area contributed by atoms with Crippen molar-refractivity contribution in [3.05, 3.63) is 45.4 Å². The number of carbonyl (C=O) groups is 1. The number of hydrogen-bond donors (Lipinski definition) is 1. The highest BCUT2D eigenvalue weighted by atomic mass is 32.1. The van der Waals surface area contributed by atoms with Gasteiger partial charge in [-0.3, -0.25) is 4.79 Å². The van der Waals surface area contributed by atoms with Crippen molar-refractivity contribution in [2.45, 2.75) is 39.6 Å². The second-order valence-corrected chi connectivity index (χ2v) is 6.53. The molecule has 1 amide bonds. The van der Waals surface area contributed by atoms with E-state index in [0.29, 0.717) is 16.1 Å². The van der Waals surface area contributed by atoms with Gasteiger partial charge in [0.25, 0.3) is 5.91 Å². The molecule has 1 heterocycles. The highest BCUT2D eigenvalue weighted by molar-refractivity contribution is 7.13. The number of alkyl halides is 3. The zero-order valence-corrected chi connectivity index (χ0v) is 14.2. The number of halogens is 3. The van der Waals surface area contributed by atoms with E-state index in [1.807, 2.05) is 13.8 Å². The van der Waals surface area contributed by atoms with Crippen molar-refractivity contribution >= 4 is 17.2 Å². The van der Waals surface area contributed by atoms with Crippen molar-refractivity contribution in [2.24, 2.45) is 0 Å². The van der Waals surface area contributed by atoms with E-state index in [1.165, 1.54) is 35.6 Å². The van der Waals surface area contributed by atoms with Gasteiger partial charge in [0, 0.05) is 12.5 Å². The van der Waals surface area contributed by atoms with E-state index >= 15 is 0 Å². The third kappa shape index (κ3) is 4.95. The Labute approximate surface area is 141 Å². The summed E-state index contributed by atoms with van der Waals surface area (Å²) in [6.45, 7) is 6.00. The van der Waals surface area contributed by atoms with Gasteiger partial charge >= 0.3 is 6.36 Å². The second-order valence-electron chi connectivity index (χ2n) is 5.50. The lowest BCUT2D eigenvalue weighted by atomic mass is 10.2. The number of hydrogen-bond acceptors (Lipinski definition) is 4. The van der Waals surface area contributed by atoms with Gasteiger partial charge in [0.15, 0.2) is 0 Å². The predicted octanol–water partition coefficient (Wildman–Crippen LogP) is 4.40. The van der Waals surface area contributed by atoms with Crippen molar-refractivity contribution in [2.75, 3.05) is 0 Å². The zero-order valence-electron chi connectivity index (χ0n) is 13.4. The Hall–Kier alpha value is -2.09. The van der Waals surface area contributed by atoms with E-state index in [-0.39, 0.29) is 24.1 Å². The lowest BCUT2D eigenvalue weighted by Crippen LogP contribution is -2.22. The van der Waals surface area contributed by atoms with Gasteiger partial charge in [-0.15, -0.1) is 24.5 Å². The second kappa shape index (κ2) is 7.21. The number of aryl methyl sites for hydroxylation is 1. The quantitative estimate of drug-likeness (QED) is 0.862. The highest BCUT2D eigenvalue weighted by Crippen LogP contribution is 2.25. The topological polar surface area (TPSA) is 51.2 Å². The van der Waals surface area contributed by atoms with Crippen LogP contribution in [0.25, 0.3) is 0 Å². The number of thiazole rings is 1. The average molecular weight is 358 g/mol. The summed E-state index contributed by atoms with van der Waals surface area (Å²) in [5.41, 5.74) is 1.35. The fourth-order valence-electron chi connectivity index (χ4n) is 1.95. The van der Waals surface area contributed by atoms with E-state index in [2.05, 4.69) is 15.0 Å². The Morgan fingerprint density at radius 2 is 1.92 bits per heavy atom. The van der Waals surface area contributed by atoms with Crippen LogP contribution in [0, 0.1) is 6.92 Å². The summed E-state index contributed by atoms with van der Waals surface area (Å²) in [5.74, 6) is -0.290. The molecule has 0 atom stereocenters. The molecule has 1 aromatic heterocycles. The fraction of sp³-hybridized carbons (Fsp3) is 0.375. The van der Waals surface area contributed by atoms with E-state index in [0.717, 1.165) is 5.01 Å². The average Bonchev–Trinajstić information content (AvgIpc) is 2.87. The molecule has 0 bridgehead atoms. The molecule has 130 valence electrons. The first kappa shape index (κ1) is 18.3. The first-order valence-electron chi connectivity index (χ1n) is 7.26. The van der Waals surface area contributed by atoms with Crippen LogP contribution in [0.5, 0.6) is 5.75 Å². The minimum atomic E-state index is -4.71. The number of nitrogens with one attached hydrogen (secondary N) is 1. The lowest BCUT2D eigenvalue weighted by Gasteiger charge is -2.09. The largest absolute Gasteiger partial charge is 0.573 e. The number of rotatable bonds is 5. The molecule has 1 aromatic carbocycles. The van der Waals surface area contributed by atoms with Crippen LogP contribution in [-0.4, -0.2) is 17.3 Å². The van der Waals surface area contributed by atoms with Crippen LogP contribution in [0.15, 0.2) is 24.3 Å². The third-order valence-corrected chi connectivity index (χ3v) is 4.58. The third-order valence-electron chi connectivity index (χ3n) is 3.12. The number of benzene rings is 1. The molecule has 4 nitrogen and oxygen atoms in total. The van der Waals surface area contributed by atoms with Crippen LogP contribution >= 0.6 is 11.3 Å². The maximum Gasteiger partial charge on any atom is 0.573 e. The molecule has 8 heteroatoms. The van der Waals surface area contributed by atoms with Crippen LogP contribution in [0.3, 0.4) is 0 Å². The Morgan fingerprint density at radius 3 is 2.42 bits per heavy atom. The maximum atomic E-state index is 12.2. The molecule has 0 fully saturated rings. The molecular weight excluding hydrogens is 341 g/mol. The molecule has 0 spiro atoms. The smallest absolute Gasteiger partial charge is 0.406 e. The van der Waals surface area contributed by atoms with Gasteiger partial charge in [-0.05, 0) is 24.6 Å². The Kier molecular flexibility index (Phi) is 5.48. The minimum Gasteiger partial charge on any atom is -0.406 e. The molecule has 0 aliphatic heterocycles. The van der Waals surface area contributed by atoms with E-state index in [9.17, 15) is 18.0 Å². The molecule has 0 radical (unpaired) electrons. The number of ether oxygens (including phenoxy) is 1. The summed E-state index contributed by atoms with van der Waals surface area (Å²) in [4.78, 5) is 17.1. The first-order valence-corrected chi connectivity index (χ1v) is 8.07. The van der Waals surface area contributed by atoms with Crippen LogP contribution in [0.1, 0.15) is 45.7 Å². The van der Waals surface area contributed by atoms with E-state index < -0.39 is 6.36 Å². The first-order chi connectivity index (χ1) is 11.2. The van der Waals surface area contributed by atoms with Gasteiger partial charge in [-0.1, -0.05) is 26.0 Å². The molecule has 2 rings (SSSR count). The molecule has 0 saturated heterocycles. The van der Waals surface area contributed by atoms with E-state index in [4.69, 9.17) is 0 Å². The van der Waals surface area contributed by atoms with Gasteiger partial charge in [0.1, 0.15) is 10.6 Å². The standard InChI is InChI=1S/C16H17F3N2O2S/c1-9(2)15-21-10(3)13(24-15)14(22)20-8-11-4-6-12(7-5-11)23-16(17,18)19/h4-7,9H,8H2,1-3H3,(H,20,22). The molecule has 0 saturated carbocycles. The number of amides is 1. The van der Waals surface area contributed by atoms with Crippen LogP contribution in [-0.2, 0) is 6.54 Å². The Balaban J connectivity index is 1.97. The van der Waals surface area contributed by atoms with Gasteiger partial charge in [0.05, 0.1) is 10.7 Å². The molecular formula is C16H17F3N2O2S. The predicted molar refractivity (Wildman–Crippen MR) is 85.2 cm³/mol. The lowest BCUT2D eigenvalue weighted by molar-refractivity contribution is -0.274. The van der Waals surface area contributed by atoms with Crippen molar-refractivity contribution in [3.63, 3.8) is 0 Å². The van der Waals surface area contributed by atoms with Crippen LogP contribution in [0.2, 0.25) is 0 Å². The van der Waals surface area contributed by atoms with Gasteiger partial charge < -0.3 is 10.1 Å². The maximum absolute atomic E-state index is 12.2. The zero-order chi connectivity index (χ0) is 17.9. The van der Waals surface area contributed by atoms with Crippen molar-refractivity contribution in [1.29, 1.82) is 0 Å². The monoisotopic (exact) mass is 358 g/mol. The van der Waals surface area contributed by atoms with Crippen LogP contribution < -0.4 is 10.1 Å². The number of carbonyl (C=O) groups excluding carboxylic acids is 1. The number of aromatic nitrogens is 1. The molecule has 0 unspecified atom stereocenters. The summed E-state index contributed by atoms with van der Waals surface area (Å²) in [5, 5.41) is 3.64. The summed E-state index contributed by atoms with van der Waals surface area (Å²) in [6.07, 6.45) is -4.71. The SMILES string of the molecule is Cc1nc(C(C)C)sc1C(=O)NCc1ccc(OC(F)(F)F)cc1. The van der Waals surface area contributed by atoms with E-state index in [1.54, 1.807) is 6.92 Å². The summed E-state index contributed by atoms with van der Waals surface area (Å²) < 4.78 is 40.1. The molecule has 2 aromatic rings. The minimum absolute atomic E-state index is 0.208. The van der Waals surface area contributed by atoms with Crippen molar-refractivity contribution < 1.29 is 22.7 Å². The molecule has 0 aliphatic carbocycles.